The molecule has 0 fully saturated rings. The van der Waals surface area contributed by atoms with Crippen molar-refractivity contribution in [1.29, 1.82) is 0 Å². The van der Waals surface area contributed by atoms with Crippen LogP contribution in [0.5, 0.6) is 0 Å². The van der Waals surface area contributed by atoms with Gasteiger partial charge in [-0.1, -0.05) is 54.2 Å². The van der Waals surface area contributed by atoms with Gasteiger partial charge in [-0.2, -0.15) is 0 Å². The summed E-state index contributed by atoms with van der Waals surface area (Å²) in [6, 6.07) is 18.3. The first kappa shape index (κ1) is 22.8. The van der Waals surface area contributed by atoms with Gasteiger partial charge in [0.05, 0.1) is 22.5 Å². The molecule has 0 saturated heterocycles. The standard InChI is InChI=1S/C24H22N4O3S2/c1-2-28-23(31)21-19(12-13-32-21)27-24(28)33-15-20(29)26-18-11-7-6-10-17(18)22(30)25-14-16-8-4-3-5-9-16/h3-13H,2,14-15H2,1H3,(H,25,30)(H,26,29). The Balaban J connectivity index is 1.43. The summed E-state index contributed by atoms with van der Waals surface area (Å²) in [6.07, 6.45) is 0. The minimum Gasteiger partial charge on any atom is -0.348 e. The number of nitrogens with one attached hydrogen (secondary N) is 2. The first-order valence-corrected chi connectivity index (χ1v) is 12.2. The molecule has 2 amide bonds. The minimum atomic E-state index is -0.286. The summed E-state index contributed by atoms with van der Waals surface area (Å²) >= 11 is 2.56. The lowest BCUT2D eigenvalue weighted by Crippen LogP contribution is -2.25. The summed E-state index contributed by atoms with van der Waals surface area (Å²) in [5, 5.41) is 8.02. The highest BCUT2D eigenvalue weighted by atomic mass is 32.2. The molecule has 0 aliphatic heterocycles. The lowest BCUT2D eigenvalue weighted by atomic mass is 10.1. The number of para-hydroxylation sites is 1. The molecule has 33 heavy (non-hydrogen) atoms. The van der Waals surface area contributed by atoms with Crippen molar-refractivity contribution in [3.05, 3.63) is 87.5 Å². The van der Waals surface area contributed by atoms with Crippen molar-refractivity contribution in [3.63, 3.8) is 0 Å². The van der Waals surface area contributed by atoms with E-state index in [4.69, 9.17) is 0 Å². The van der Waals surface area contributed by atoms with Crippen LogP contribution in [0.1, 0.15) is 22.8 Å². The molecule has 2 aromatic heterocycles. The van der Waals surface area contributed by atoms with Gasteiger partial charge >= 0.3 is 0 Å². The van der Waals surface area contributed by atoms with E-state index in [1.54, 1.807) is 34.9 Å². The number of amides is 2. The Hall–Kier alpha value is -3.43. The topological polar surface area (TPSA) is 93.1 Å². The molecule has 4 aromatic rings. The Labute approximate surface area is 198 Å². The van der Waals surface area contributed by atoms with Crippen LogP contribution in [0.25, 0.3) is 10.2 Å². The number of benzene rings is 2. The number of nitrogens with zero attached hydrogens (tertiary/aromatic N) is 2. The third-order valence-electron chi connectivity index (χ3n) is 4.92. The van der Waals surface area contributed by atoms with Gasteiger partial charge in [0.2, 0.25) is 5.91 Å². The molecular formula is C24H22N4O3S2. The Morgan fingerprint density at radius 1 is 1.06 bits per heavy atom. The van der Waals surface area contributed by atoms with Crippen LogP contribution in [-0.2, 0) is 17.9 Å². The number of thioether (sulfide) groups is 1. The van der Waals surface area contributed by atoms with E-state index < -0.39 is 0 Å². The quantitative estimate of drug-likeness (QED) is 0.293. The third kappa shape index (κ3) is 5.32. The SMILES string of the molecule is CCn1c(SCC(=O)Nc2ccccc2C(=O)NCc2ccccc2)nc2ccsc2c1=O. The van der Waals surface area contributed by atoms with Gasteiger partial charge in [0.1, 0.15) is 4.70 Å². The van der Waals surface area contributed by atoms with E-state index in [0.717, 1.165) is 5.56 Å². The van der Waals surface area contributed by atoms with Gasteiger partial charge in [-0.25, -0.2) is 4.98 Å². The molecule has 0 atom stereocenters. The Kier molecular flexibility index (Phi) is 7.21. The molecular weight excluding hydrogens is 456 g/mol. The largest absolute Gasteiger partial charge is 0.348 e. The van der Waals surface area contributed by atoms with Crippen LogP contribution in [0, 0.1) is 0 Å². The minimum absolute atomic E-state index is 0.0576. The number of hydrogen-bond donors (Lipinski definition) is 2. The molecule has 9 heteroatoms. The third-order valence-corrected chi connectivity index (χ3v) is 6.79. The van der Waals surface area contributed by atoms with Gasteiger partial charge in [0.15, 0.2) is 5.16 Å². The van der Waals surface area contributed by atoms with Crippen LogP contribution in [0.4, 0.5) is 5.69 Å². The number of carbonyl (C=O) groups is 2. The summed E-state index contributed by atoms with van der Waals surface area (Å²) in [5.41, 5.74) is 2.34. The number of anilines is 1. The fourth-order valence-electron chi connectivity index (χ4n) is 3.29. The molecule has 0 unspecified atom stereocenters. The van der Waals surface area contributed by atoms with Crippen molar-refractivity contribution < 1.29 is 9.59 Å². The molecule has 0 radical (unpaired) electrons. The number of thiophene rings is 1. The highest BCUT2D eigenvalue weighted by Crippen LogP contribution is 2.22. The summed E-state index contributed by atoms with van der Waals surface area (Å²) in [7, 11) is 0. The fraction of sp³-hybridized carbons (Fsp3) is 0.167. The highest BCUT2D eigenvalue weighted by Gasteiger charge is 2.16. The van der Waals surface area contributed by atoms with E-state index >= 15 is 0 Å². The smallest absolute Gasteiger partial charge is 0.272 e. The van der Waals surface area contributed by atoms with Crippen LogP contribution in [0.2, 0.25) is 0 Å². The summed E-state index contributed by atoms with van der Waals surface area (Å²) in [4.78, 5) is 42.5. The number of aromatic nitrogens is 2. The molecule has 168 valence electrons. The summed E-state index contributed by atoms with van der Waals surface area (Å²) in [5.74, 6) is -0.500. The van der Waals surface area contributed by atoms with E-state index in [2.05, 4.69) is 15.6 Å². The number of fused-ring (bicyclic) bond motifs is 1. The van der Waals surface area contributed by atoms with Crippen molar-refractivity contribution in [2.24, 2.45) is 0 Å². The predicted molar refractivity (Wildman–Crippen MR) is 133 cm³/mol. The van der Waals surface area contributed by atoms with E-state index in [1.165, 1.54) is 23.1 Å². The summed E-state index contributed by atoms with van der Waals surface area (Å²) in [6.45, 7) is 2.73. The van der Waals surface area contributed by atoms with Crippen LogP contribution in [0.3, 0.4) is 0 Å². The van der Waals surface area contributed by atoms with Crippen molar-refractivity contribution in [3.8, 4) is 0 Å². The van der Waals surface area contributed by atoms with Gasteiger partial charge in [0, 0.05) is 13.1 Å². The first-order valence-electron chi connectivity index (χ1n) is 10.4. The van der Waals surface area contributed by atoms with E-state index in [0.29, 0.717) is 39.7 Å². The maximum Gasteiger partial charge on any atom is 0.272 e. The molecule has 2 heterocycles. The number of rotatable bonds is 8. The van der Waals surface area contributed by atoms with Crippen LogP contribution in [0.15, 0.2) is 76.0 Å². The molecule has 0 saturated carbocycles. The number of carbonyl (C=O) groups excluding carboxylic acids is 2. The second-order valence-electron chi connectivity index (χ2n) is 7.13. The lowest BCUT2D eigenvalue weighted by molar-refractivity contribution is -0.113. The second kappa shape index (κ2) is 10.5. The van der Waals surface area contributed by atoms with Crippen LogP contribution < -0.4 is 16.2 Å². The maximum absolute atomic E-state index is 12.7. The Morgan fingerprint density at radius 2 is 1.82 bits per heavy atom. The van der Waals surface area contributed by atoms with Crippen LogP contribution in [-0.4, -0.2) is 27.1 Å². The average molecular weight is 479 g/mol. The normalized spacial score (nSPS) is 10.8. The van der Waals surface area contributed by atoms with Gasteiger partial charge < -0.3 is 10.6 Å². The van der Waals surface area contributed by atoms with Crippen molar-refractivity contribution in [2.45, 2.75) is 25.2 Å². The van der Waals surface area contributed by atoms with Gasteiger partial charge in [-0.05, 0) is 36.1 Å². The average Bonchev–Trinajstić information content (AvgIpc) is 3.31. The van der Waals surface area contributed by atoms with Gasteiger partial charge in [-0.3, -0.25) is 19.0 Å². The lowest BCUT2D eigenvalue weighted by Gasteiger charge is -2.12. The van der Waals surface area contributed by atoms with Crippen molar-refractivity contribution in [2.75, 3.05) is 11.1 Å². The molecule has 0 aliphatic carbocycles. The predicted octanol–water partition coefficient (Wildman–Crippen LogP) is 4.14. The fourth-order valence-corrected chi connectivity index (χ4v) is 4.93. The van der Waals surface area contributed by atoms with Gasteiger partial charge in [0.25, 0.3) is 11.5 Å². The van der Waals surface area contributed by atoms with E-state index in [-0.39, 0.29) is 23.1 Å². The molecule has 2 N–H and O–H groups in total. The van der Waals surface area contributed by atoms with E-state index in [1.807, 2.05) is 42.6 Å². The van der Waals surface area contributed by atoms with E-state index in [9.17, 15) is 14.4 Å². The van der Waals surface area contributed by atoms with Crippen LogP contribution >= 0.6 is 23.1 Å². The Bertz CT molecular complexity index is 1350. The maximum atomic E-state index is 12.7. The molecule has 2 aromatic carbocycles. The van der Waals surface area contributed by atoms with Crippen molar-refractivity contribution >= 4 is 50.8 Å². The van der Waals surface area contributed by atoms with Gasteiger partial charge in [-0.15, -0.1) is 11.3 Å². The highest BCUT2D eigenvalue weighted by molar-refractivity contribution is 7.99. The zero-order chi connectivity index (χ0) is 23.2. The molecule has 7 nitrogen and oxygen atoms in total. The zero-order valence-corrected chi connectivity index (χ0v) is 19.5. The first-order chi connectivity index (χ1) is 16.1. The van der Waals surface area contributed by atoms with Crippen molar-refractivity contribution in [1.82, 2.24) is 14.9 Å². The zero-order valence-electron chi connectivity index (χ0n) is 17.9. The summed E-state index contributed by atoms with van der Waals surface area (Å²) < 4.78 is 2.18. The number of hydrogen-bond acceptors (Lipinski definition) is 6. The second-order valence-corrected chi connectivity index (χ2v) is 8.99. The monoisotopic (exact) mass is 478 g/mol. The molecule has 4 rings (SSSR count). The molecule has 0 spiro atoms. The Morgan fingerprint density at radius 3 is 2.61 bits per heavy atom. The molecule has 0 aliphatic rings. The molecule has 0 bridgehead atoms.